The summed E-state index contributed by atoms with van der Waals surface area (Å²) in [6.07, 6.45) is 4.64. The van der Waals surface area contributed by atoms with Crippen LogP contribution in [0.5, 0.6) is 0 Å². The third kappa shape index (κ3) is 1.73. The monoisotopic (exact) mass is 239 g/mol. The molecule has 1 heterocycles. The molecule has 0 saturated carbocycles. The number of fused-ring (bicyclic) bond motifs is 1. The van der Waals surface area contributed by atoms with Gasteiger partial charge in [-0.15, -0.1) is 0 Å². The highest BCUT2D eigenvalue weighted by molar-refractivity contribution is 5.42. The van der Waals surface area contributed by atoms with Crippen LogP contribution >= 0.6 is 0 Å². The molecule has 1 aromatic heterocycles. The second-order valence-electron chi connectivity index (χ2n) is 5.06. The van der Waals surface area contributed by atoms with Crippen LogP contribution in [0.25, 0.3) is 0 Å². The zero-order chi connectivity index (χ0) is 12.6. The topological polar surface area (TPSA) is 33.1 Å². The molecule has 1 aliphatic rings. The van der Waals surface area contributed by atoms with Gasteiger partial charge in [0.15, 0.2) is 0 Å². The molecule has 2 aromatic rings. The third-order valence-electron chi connectivity index (χ3n) is 3.84. The highest BCUT2D eigenvalue weighted by Gasteiger charge is 2.35. The van der Waals surface area contributed by atoms with Crippen LogP contribution in [0, 0.1) is 6.92 Å². The summed E-state index contributed by atoms with van der Waals surface area (Å²) in [5, 5.41) is 11.0. The van der Waals surface area contributed by atoms with Gasteiger partial charge in [-0.05, 0) is 43.4 Å². The van der Waals surface area contributed by atoms with Crippen molar-refractivity contribution in [2.75, 3.05) is 0 Å². The average Bonchev–Trinajstić information content (AvgIpc) is 2.40. The summed E-state index contributed by atoms with van der Waals surface area (Å²) < 4.78 is 0. The van der Waals surface area contributed by atoms with Gasteiger partial charge in [0.05, 0.1) is 0 Å². The molecule has 1 aromatic carbocycles. The molecule has 1 aliphatic carbocycles. The lowest BCUT2D eigenvalue weighted by molar-refractivity contribution is 0.0612. The molecular formula is C16H17NO. The number of pyridine rings is 1. The number of nitrogens with zero attached hydrogens (tertiary/aromatic N) is 1. The molecule has 1 N–H and O–H groups in total. The summed E-state index contributed by atoms with van der Waals surface area (Å²) in [5.74, 6) is 0. The Morgan fingerprint density at radius 3 is 2.78 bits per heavy atom. The fourth-order valence-electron chi connectivity index (χ4n) is 2.82. The number of aromatic nitrogens is 1. The number of hydrogen-bond acceptors (Lipinski definition) is 2. The molecule has 0 spiro atoms. The first-order valence-corrected chi connectivity index (χ1v) is 6.44. The molecule has 0 radical (unpaired) electrons. The Balaban J connectivity index is 2.13. The summed E-state index contributed by atoms with van der Waals surface area (Å²) in [6.45, 7) is 1.96. The van der Waals surface area contributed by atoms with Gasteiger partial charge in [-0.1, -0.05) is 30.3 Å². The molecule has 18 heavy (non-hydrogen) atoms. The van der Waals surface area contributed by atoms with Gasteiger partial charge in [0.2, 0.25) is 0 Å². The van der Waals surface area contributed by atoms with Crippen molar-refractivity contribution >= 4 is 0 Å². The number of aliphatic hydroxyl groups is 1. The smallest absolute Gasteiger partial charge is 0.116 e. The predicted molar refractivity (Wildman–Crippen MR) is 71.4 cm³/mol. The summed E-state index contributed by atoms with van der Waals surface area (Å²) in [4.78, 5) is 4.31. The van der Waals surface area contributed by atoms with Crippen LogP contribution in [0.1, 0.15) is 35.2 Å². The molecule has 0 fully saturated rings. The lowest BCUT2D eigenvalue weighted by Crippen LogP contribution is -2.32. The number of rotatable bonds is 1. The second-order valence-corrected chi connectivity index (χ2v) is 5.06. The molecule has 0 bridgehead atoms. The van der Waals surface area contributed by atoms with Crippen molar-refractivity contribution < 1.29 is 5.11 Å². The van der Waals surface area contributed by atoms with E-state index in [0.29, 0.717) is 0 Å². The van der Waals surface area contributed by atoms with Crippen LogP contribution in [-0.2, 0) is 12.0 Å². The average molecular weight is 239 g/mol. The lowest BCUT2D eigenvalue weighted by Gasteiger charge is -2.34. The van der Waals surface area contributed by atoms with Gasteiger partial charge in [-0.2, -0.15) is 0 Å². The quantitative estimate of drug-likeness (QED) is 0.830. The van der Waals surface area contributed by atoms with Gasteiger partial charge >= 0.3 is 0 Å². The van der Waals surface area contributed by atoms with E-state index < -0.39 is 5.60 Å². The van der Waals surface area contributed by atoms with E-state index in [4.69, 9.17) is 0 Å². The van der Waals surface area contributed by atoms with E-state index in [-0.39, 0.29) is 0 Å². The Morgan fingerprint density at radius 2 is 2.00 bits per heavy atom. The zero-order valence-corrected chi connectivity index (χ0v) is 10.6. The highest BCUT2D eigenvalue weighted by atomic mass is 16.3. The van der Waals surface area contributed by atoms with Crippen molar-refractivity contribution in [3.63, 3.8) is 0 Å². The van der Waals surface area contributed by atoms with Gasteiger partial charge in [0.25, 0.3) is 0 Å². The maximum absolute atomic E-state index is 11.0. The highest BCUT2D eigenvalue weighted by Crippen LogP contribution is 2.40. The lowest BCUT2D eigenvalue weighted by atomic mass is 9.75. The molecule has 1 atom stereocenters. The number of hydrogen-bond donors (Lipinski definition) is 1. The third-order valence-corrected chi connectivity index (χ3v) is 3.84. The number of benzene rings is 1. The molecule has 2 heteroatoms. The zero-order valence-electron chi connectivity index (χ0n) is 10.6. The Morgan fingerprint density at radius 1 is 1.17 bits per heavy atom. The minimum absolute atomic E-state index is 0.773. The van der Waals surface area contributed by atoms with Crippen LogP contribution in [0.4, 0.5) is 0 Å². The largest absolute Gasteiger partial charge is 0.380 e. The van der Waals surface area contributed by atoms with Crippen molar-refractivity contribution in [2.45, 2.75) is 31.8 Å². The van der Waals surface area contributed by atoms with Crippen LogP contribution < -0.4 is 0 Å². The SMILES string of the molecule is Cc1ccc(C2(O)CCCc3ccccc32)cn1. The minimum Gasteiger partial charge on any atom is -0.380 e. The van der Waals surface area contributed by atoms with E-state index in [0.717, 1.165) is 36.1 Å². The fraction of sp³-hybridized carbons (Fsp3) is 0.312. The maximum atomic E-state index is 11.0. The Kier molecular flexibility index (Phi) is 2.67. The van der Waals surface area contributed by atoms with Gasteiger partial charge in [-0.25, -0.2) is 0 Å². The van der Waals surface area contributed by atoms with Crippen LogP contribution in [0.3, 0.4) is 0 Å². The standard InChI is InChI=1S/C16H17NO/c1-12-8-9-14(11-17-12)16(18)10-4-6-13-5-2-3-7-15(13)16/h2-3,5,7-9,11,18H,4,6,10H2,1H3. The molecule has 2 nitrogen and oxygen atoms in total. The van der Waals surface area contributed by atoms with Gasteiger partial charge in [0.1, 0.15) is 5.60 Å². The van der Waals surface area contributed by atoms with E-state index in [1.54, 1.807) is 6.20 Å². The van der Waals surface area contributed by atoms with Crippen LogP contribution in [0.2, 0.25) is 0 Å². The summed E-state index contributed by atoms with van der Waals surface area (Å²) in [6, 6.07) is 12.1. The molecule has 1 unspecified atom stereocenters. The minimum atomic E-state index is -0.866. The van der Waals surface area contributed by atoms with Crippen molar-refractivity contribution in [3.8, 4) is 0 Å². The normalized spacial score (nSPS) is 22.6. The summed E-state index contributed by atoms with van der Waals surface area (Å²) >= 11 is 0. The first kappa shape index (κ1) is 11.4. The van der Waals surface area contributed by atoms with Gasteiger partial charge in [0, 0.05) is 17.5 Å². The molecule has 0 aliphatic heterocycles. The first-order chi connectivity index (χ1) is 8.70. The first-order valence-electron chi connectivity index (χ1n) is 6.44. The molecule has 92 valence electrons. The van der Waals surface area contributed by atoms with Crippen molar-refractivity contribution in [1.82, 2.24) is 4.98 Å². The van der Waals surface area contributed by atoms with Crippen LogP contribution in [0.15, 0.2) is 42.6 Å². The summed E-state index contributed by atoms with van der Waals surface area (Å²) in [5.41, 5.74) is 3.32. The van der Waals surface area contributed by atoms with Crippen molar-refractivity contribution in [2.24, 2.45) is 0 Å². The van der Waals surface area contributed by atoms with E-state index in [9.17, 15) is 5.11 Å². The second kappa shape index (κ2) is 4.21. The van der Waals surface area contributed by atoms with E-state index in [1.807, 2.05) is 37.3 Å². The van der Waals surface area contributed by atoms with E-state index >= 15 is 0 Å². The predicted octanol–water partition coefficient (Wildman–Crippen LogP) is 2.96. The van der Waals surface area contributed by atoms with E-state index in [1.165, 1.54) is 5.56 Å². The Labute approximate surface area is 107 Å². The van der Waals surface area contributed by atoms with Crippen LogP contribution in [-0.4, -0.2) is 10.1 Å². The van der Waals surface area contributed by atoms with Crippen molar-refractivity contribution in [3.05, 3.63) is 65.0 Å². The Hall–Kier alpha value is -1.67. The maximum Gasteiger partial charge on any atom is 0.116 e. The van der Waals surface area contributed by atoms with E-state index in [2.05, 4.69) is 11.1 Å². The molecule has 0 amide bonds. The molecule has 3 rings (SSSR count). The Bertz CT molecular complexity index is 562. The number of aryl methyl sites for hydroxylation is 2. The van der Waals surface area contributed by atoms with Crippen molar-refractivity contribution in [1.29, 1.82) is 0 Å². The summed E-state index contributed by atoms with van der Waals surface area (Å²) in [7, 11) is 0. The fourth-order valence-corrected chi connectivity index (χ4v) is 2.82. The molecular weight excluding hydrogens is 222 g/mol. The molecule has 0 saturated heterocycles. The van der Waals surface area contributed by atoms with Gasteiger partial charge in [-0.3, -0.25) is 4.98 Å². The van der Waals surface area contributed by atoms with Gasteiger partial charge < -0.3 is 5.11 Å².